The van der Waals surface area contributed by atoms with Gasteiger partial charge in [-0.25, -0.2) is 0 Å². The summed E-state index contributed by atoms with van der Waals surface area (Å²) in [5.41, 5.74) is 7.67. The zero-order chi connectivity index (χ0) is 22.4. The fourth-order valence-electron chi connectivity index (χ4n) is 3.76. The minimum absolute atomic E-state index is 0.0865. The number of H-pyrrole nitrogens is 1. The first kappa shape index (κ1) is 25.6. The average Bonchev–Trinajstić information content (AvgIpc) is 3.39. The minimum Gasteiger partial charge on any atom is -0.400 e. The molecule has 1 atom stereocenters. The fraction of sp³-hybridized carbons (Fsp3) is 0.385. The molecule has 164 valence electrons. The third-order valence-corrected chi connectivity index (χ3v) is 5.02. The van der Waals surface area contributed by atoms with E-state index in [-0.39, 0.29) is 6.61 Å². The summed E-state index contributed by atoms with van der Waals surface area (Å²) in [6, 6.07) is 7.05. The second kappa shape index (κ2) is 14.6. The molecule has 3 rings (SSSR count). The average molecular weight is 411 g/mol. The van der Waals surface area contributed by atoms with Crippen LogP contribution in [0, 0.1) is 0 Å². The van der Waals surface area contributed by atoms with Gasteiger partial charge in [0.15, 0.2) is 0 Å². The number of aliphatic hydroxyl groups is 2. The topological polar surface area (TPSA) is 68.3 Å². The molecule has 4 N–H and O–H groups in total. The van der Waals surface area contributed by atoms with E-state index in [0.29, 0.717) is 6.04 Å². The Morgan fingerprint density at radius 1 is 1.23 bits per heavy atom. The smallest absolute Gasteiger partial charge is 0.0615 e. The Balaban J connectivity index is 0.00000106. The van der Waals surface area contributed by atoms with E-state index in [1.54, 1.807) is 6.08 Å². The number of hydrogen-bond acceptors (Lipinski definition) is 3. The molecule has 0 radical (unpaired) electrons. The van der Waals surface area contributed by atoms with Crippen molar-refractivity contribution in [2.75, 3.05) is 20.3 Å². The number of aromatic amines is 1. The van der Waals surface area contributed by atoms with Gasteiger partial charge in [-0.2, -0.15) is 0 Å². The Hall–Kier alpha value is -2.40. The Bertz CT molecular complexity index is 818. The summed E-state index contributed by atoms with van der Waals surface area (Å²) in [4.78, 5) is 3.30. The number of aromatic nitrogens is 1. The monoisotopic (exact) mass is 410 g/mol. The quantitative estimate of drug-likeness (QED) is 0.486. The number of rotatable bonds is 8. The van der Waals surface area contributed by atoms with Crippen molar-refractivity contribution in [3.63, 3.8) is 0 Å². The van der Waals surface area contributed by atoms with Crippen LogP contribution in [0.15, 0.2) is 43.1 Å². The van der Waals surface area contributed by atoms with Gasteiger partial charge in [0.2, 0.25) is 0 Å². The molecule has 4 nitrogen and oxygen atoms in total. The zero-order valence-electron chi connectivity index (χ0n) is 18.9. The predicted octanol–water partition coefficient (Wildman–Crippen LogP) is 5.15. The molecule has 1 unspecified atom stereocenters. The molecule has 0 aliphatic heterocycles. The Morgan fingerprint density at radius 2 is 2.00 bits per heavy atom. The molecule has 1 aromatic carbocycles. The van der Waals surface area contributed by atoms with Crippen LogP contribution in [0.3, 0.4) is 0 Å². The van der Waals surface area contributed by atoms with Crippen molar-refractivity contribution in [3.8, 4) is 0 Å². The summed E-state index contributed by atoms with van der Waals surface area (Å²) in [6.45, 7) is 11.0. The molecule has 4 heteroatoms. The van der Waals surface area contributed by atoms with E-state index < -0.39 is 0 Å². The summed E-state index contributed by atoms with van der Waals surface area (Å²) in [6.07, 6.45) is 15.2. The van der Waals surface area contributed by atoms with Crippen LogP contribution in [0.5, 0.6) is 0 Å². The van der Waals surface area contributed by atoms with Crippen molar-refractivity contribution < 1.29 is 10.2 Å². The molecule has 0 amide bonds. The molecule has 0 fully saturated rings. The lowest BCUT2D eigenvalue weighted by Crippen LogP contribution is -2.22. The highest BCUT2D eigenvalue weighted by Gasteiger charge is 2.21. The maximum atomic E-state index is 8.92. The summed E-state index contributed by atoms with van der Waals surface area (Å²) < 4.78 is 0. The molecule has 1 heterocycles. The predicted molar refractivity (Wildman–Crippen MR) is 130 cm³/mol. The van der Waals surface area contributed by atoms with E-state index in [4.69, 9.17) is 10.2 Å². The Labute approximate surface area is 182 Å². The largest absolute Gasteiger partial charge is 0.400 e. The standard InChI is InChI=1S/C23H28N2O.C2H6.CH4O/c1-3-6-20-19(16-25-22(20)4-2)12-13-24-23-11-9-18-15-17(7-5-14-26)8-10-21(18)23;2*1-2/h3-8,10,15-16,23-26H,2,9,11-14H2,1H3;1-2H3;2H,1H3/b6-3-,7-5+;;. The highest BCUT2D eigenvalue weighted by molar-refractivity contribution is 5.65. The molecular formula is C26H38N2O2. The lowest BCUT2D eigenvalue weighted by molar-refractivity contribution is 0.343. The van der Waals surface area contributed by atoms with Gasteiger partial charge in [0.05, 0.1) is 6.61 Å². The Kier molecular flexibility index (Phi) is 12.4. The van der Waals surface area contributed by atoms with Crippen LogP contribution in [-0.4, -0.2) is 35.5 Å². The van der Waals surface area contributed by atoms with Gasteiger partial charge in [0.25, 0.3) is 0 Å². The molecule has 0 saturated carbocycles. The fourth-order valence-corrected chi connectivity index (χ4v) is 3.76. The molecule has 2 aromatic rings. The number of nitrogens with one attached hydrogen (secondary N) is 2. The van der Waals surface area contributed by atoms with Crippen molar-refractivity contribution in [2.24, 2.45) is 0 Å². The first-order valence-corrected chi connectivity index (χ1v) is 10.8. The van der Waals surface area contributed by atoms with Crippen LogP contribution < -0.4 is 5.32 Å². The van der Waals surface area contributed by atoms with E-state index in [0.717, 1.165) is 38.6 Å². The number of aryl methyl sites for hydroxylation is 1. The van der Waals surface area contributed by atoms with Crippen LogP contribution in [0.1, 0.15) is 66.7 Å². The summed E-state index contributed by atoms with van der Waals surface area (Å²) >= 11 is 0. The van der Waals surface area contributed by atoms with Crippen molar-refractivity contribution in [2.45, 2.75) is 46.1 Å². The van der Waals surface area contributed by atoms with E-state index in [2.05, 4.69) is 53.4 Å². The van der Waals surface area contributed by atoms with Crippen molar-refractivity contribution in [1.82, 2.24) is 10.3 Å². The third-order valence-electron chi connectivity index (χ3n) is 5.02. The number of benzene rings is 1. The number of allylic oxidation sites excluding steroid dienone is 1. The molecular weight excluding hydrogens is 372 g/mol. The van der Waals surface area contributed by atoms with Crippen LogP contribution in [-0.2, 0) is 12.8 Å². The van der Waals surface area contributed by atoms with Gasteiger partial charge in [-0.05, 0) is 61.1 Å². The van der Waals surface area contributed by atoms with Crippen LogP contribution in [0.4, 0.5) is 0 Å². The maximum Gasteiger partial charge on any atom is 0.0615 e. The summed E-state index contributed by atoms with van der Waals surface area (Å²) in [7, 11) is 1.00. The first-order chi connectivity index (χ1) is 14.8. The molecule has 1 aromatic heterocycles. The lowest BCUT2D eigenvalue weighted by Gasteiger charge is -2.14. The van der Waals surface area contributed by atoms with Crippen molar-refractivity contribution in [1.29, 1.82) is 0 Å². The van der Waals surface area contributed by atoms with Gasteiger partial charge in [0.1, 0.15) is 0 Å². The van der Waals surface area contributed by atoms with Crippen molar-refractivity contribution >= 4 is 18.2 Å². The van der Waals surface area contributed by atoms with Gasteiger partial charge in [-0.3, -0.25) is 0 Å². The highest BCUT2D eigenvalue weighted by Crippen LogP contribution is 2.32. The first-order valence-electron chi connectivity index (χ1n) is 10.8. The molecule has 1 aliphatic carbocycles. The van der Waals surface area contributed by atoms with E-state index in [1.165, 1.54) is 27.8 Å². The van der Waals surface area contributed by atoms with E-state index >= 15 is 0 Å². The summed E-state index contributed by atoms with van der Waals surface area (Å²) in [5, 5.41) is 19.6. The normalized spacial score (nSPS) is 14.8. The van der Waals surface area contributed by atoms with Crippen molar-refractivity contribution in [3.05, 3.63) is 76.6 Å². The SMILES string of the molecule is C=Cc1[nH]cc(CCNC2CCc3cc(/C=C/CO)ccc32)c1/C=C\C.CC.CO. The van der Waals surface area contributed by atoms with Gasteiger partial charge < -0.3 is 20.5 Å². The number of fused-ring (bicyclic) bond motifs is 1. The van der Waals surface area contributed by atoms with E-state index in [1.807, 2.05) is 32.9 Å². The molecule has 0 bridgehead atoms. The second-order valence-electron chi connectivity index (χ2n) is 6.68. The van der Waals surface area contributed by atoms with Crippen LogP contribution in [0.2, 0.25) is 0 Å². The maximum absolute atomic E-state index is 8.92. The summed E-state index contributed by atoms with van der Waals surface area (Å²) in [5.74, 6) is 0. The molecule has 30 heavy (non-hydrogen) atoms. The number of aliphatic hydroxyl groups excluding tert-OH is 2. The minimum atomic E-state index is 0.0865. The number of hydrogen-bond donors (Lipinski definition) is 4. The van der Waals surface area contributed by atoms with Gasteiger partial charge in [-0.15, -0.1) is 0 Å². The van der Waals surface area contributed by atoms with E-state index in [9.17, 15) is 0 Å². The molecule has 1 aliphatic rings. The highest BCUT2D eigenvalue weighted by atomic mass is 16.2. The molecule has 0 spiro atoms. The lowest BCUT2D eigenvalue weighted by atomic mass is 10.0. The zero-order valence-corrected chi connectivity index (χ0v) is 18.9. The van der Waals surface area contributed by atoms with Crippen LogP contribution in [0.25, 0.3) is 18.2 Å². The van der Waals surface area contributed by atoms with Gasteiger partial charge in [0, 0.05) is 30.6 Å². The molecule has 0 saturated heterocycles. The van der Waals surface area contributed by atoms with Gasteiger partial charge in [-0.1, -0.05) is 62.9 Å². The Morgan fingerprint density at radius 3 is 2.67 bits per heavy atom. The van der Waals surface area contributed by atoms with Gasteiger partial charge >= 0.3 is 0 Å². The second-order valence-corrected chi connectivity index (χ2v) is 6.68. The van der Waals surface area contributed by atoms with Crippen LogP contribution >= 0.6 is 0 Å². The third kappa shape index (κ3) is 6.84.